The Morgan fingerprint density at radius 1 is 1.21 bits per heavy atom. The standard InChI is InChI=1S/C20H22N2O6/c1-27-19-10-15(11-21-9-8-16(12-21)20(23)24)4-7-18(19)28-13-14-2-5-17(6-3-14)22(25)26/h2-7,10,16H,8-9,11-13H2,1H3,(H,23,24). The Morgan fingerprint density at radius 3 is 2.54 bits per heavy atom. The van der Waals surface area contributed by atoms with Crippen LogP contribution in [0.3, 0.4) is 0 Å². The molecule has 1 saturated heterocycles. The number of likely N-dealkylation sites (tertiary alicyclic amines) is 1. The number of methoxy groups -OCH3 is 1. The van der Waals surface area contributed by atoms with Crippen molar-refractivity contribution in [2.24, 2.45) is 5.92 Å². The smallest absolute Gasteiger partial charge is 0.307 e. The molecule has 1 unspecified atom stereocenters. The van der Waals surface area contributed by atoms with Crippen LogP contribution < -0.4 is 9.47 Å². The summed E-state index contributed by atoms with van der Waals surface area (Å²) in [7, 11) is 1.56. The molecule has 1 aliphatic rings. The van der Waals surface area contributed by atoms with Gasteiger partial charge in [0, 0.05) is 25.2 Å². The van der Waals surface area contributed by atoms with Crippen LogP contribution in [0.5, 0.6) is 11.5 Å². The number of nitro groups is 1. The molecule has 8 heteroatoms. The van der Waals surface area contributed by atoms with Gasteiger partial charge in [-0.25, -0.2) is 0 Å². The molecule has 8 nitrogen and oxygen atoms in total. The van der Waals surface area contributed by atoms with E-state index in [4.69, 9.17) is 14.6 Å². The first kappa shape index (κ1) is 19.6. The number of nitro benzene ring substituents is 1. The molecule has 3 rings (SSSR count). The first-order valence-corrected chi connectivity index (χ1v) is 8.94. The SMILES string of the molecule is COc1cc(CN2CCC(C(=O)O)C2)ccc1OCc1ccc([N+](=O)[O-])cc1. The van der Waals surface area contributed by atoms with Crippen LogP contribution >= 0.6 is 0 Å². The second kappa shape index (κ2) is 8.71. The minimum Gasteiger partial charge on any atom is -0.493 e. The number of carboxylic acid groups (broad SMARTS) is 1. The lowest BCUT2D eigenvalue weighted by atomic mass is 10.1. The normalized spacial score (nSPS) is 16.7. The van der Waals surface area contributed by atoms with Gasteiger partial charge in [0.05, 0.1) is 18.0 Å². The summed E-state index contributed by atoms with van der Waals surface area (Å²) in [5, 5.41) is 19.8. The van der Waals surface area contributed by atoms with Gasteiger partial charge in [-0.3, -0.25) is 19.8 Å². The summed E-state index contributed by atoms with van der Waals surface area (Å²) in [6, 6.07) is 11.8. The van der Waals surface area contributed by atoms with Gasteiger partial charge in [-0.2, -0.15) is 0 Å². The zero-order valence-electron chi connectivity index (χ0n) is 15.5. The lowest BCUT2D eigenvalue weighted by molar-refractivity contribution is -0.384. The maximum Gasteiger partial charge on any atom is 0.307 e. The molecule has 0 saturated carbocycles. The molecule has 0 spiro atoms. The van der Waals surface area contributed by atoms with Crippen molar-refractivity contribution in [1.82, 2.24) is 4.90 Å². The van der Waals surface area contributed by atoms with Gasteiger partial charge in [-0.1, -0.05) is 6.07 Å². The summed E-state index contributed by atoms with van der Waals surface area (Å²) in [6.45, 7) is 2.23. The topological polar surface area (TPSA) is 102 Å². The van der Waals surface area contributed by atoms with Gasteiger partial charge in [0.25, 0.3) is 5.69 Å². The maximum atomic E-state index is 11.1. The van der Waals surface area contributed by atoms with E-state index >= 15 is 0 Å². The van der Waals surface area contributed by atoms with Gasteiger partial charge in [0.15, 0.2) is 11.5 Å². The molecule has 1 aliphatic heterocycles. The minimum atomic E-state index is -0.741. The van der Waals surface area contributed by atoms with Crippen LogP contribution in [0.15, 0.2) is 42.5 Å². The highest BCUT2D eigenvalue weighted by molar-refractivity contribution is 5.70. The van der Waals surface area contributed by atoms with Crippen molar-refractivity contribution in [2.45, 2.75) is 19.6 Å². The molecular weight excluding hydrogens is 364 g/mol. The summed E-state index contributed by atoms with van der Waals surface area (Å²) >= 11 is 0. The third-order valence-electron chi connectivity index (χ3n) is 4.80. The summed E-state index contributed by atoms with van der Waals surface area (Å²) in [4.78, 5) is 23.5. The van der Waals surface area contributed by atoms with E-state index in [-0.39, 0.29) is 18.2 Å². The van der Waals surface area contributed by atoms with Crippen molar-refractivity contribution >= 4 is 11.7 Å². The Bertz CT molecular complexity index is 852. The molecule has 1 fully saturated rings. The van der Waals surface area contributed by atoms with Gasteiger partial charge >= 0.3 is 5.97 Å². The Hall–Kier alpha value is -3.13. The number of aliphatic carboxylic acids is 1. The van der Waals surface area contributed by atoms with Crippen molar-refractivity contribution < 1.29 is 24.3 Å². The summed E-state index contributed by atoms with van der Waals surface area (Å²) < 4.78 is 11.2. The van der Waals surface area contributed by atoms with Crippen LogP contribution in [0.4, 0.5) is 5.69 Å². The number of nitrogens with zero attached hydrogens (tertiary/aromatic N) is 2. The molecular formula is C20H22N2O6. The van der Waals surface area contributed by atoms with Gasteiger partial charge in [0.1, 0.15) is 6.61 Å². The van der Waals surface area contributed by atoms with Gasteiger partial charge in [0.2, 0.25) is 0 Å². The summed E-state index contributed by atoms with van der Waals surface area (Å²) in [6.07, 6.45) is 0.670. The zero-order valence-corrected chi connectivity index (χ0v) is 15.5. The Kier molecular flexibility index (Phi) is 6.10. The highest BCUT2D eigenvalue weighted by Gasteiger charge is 2.27. The second-order valence-electron chi connectivity index (χ2n) is 6.76. The third-order valence-corrected chi connectivity index (χ3v) is 4.80. The first-order valence-electron chi connectivity index (χ1n) is 8.94. The van der Waals surface area contributed by atoms with E-state index in [2.05, 4.69) is 4.90 Å². The van der Waals surface area contributed by atoms with Crippen LogP contribution in [0.1, 0.15) is 17.5 Å². The van der Waals surface area contributed by atoms with E-state index in [9.17, 15) is 14.9 Å². The third kappa shape index (κ3) is 4.77. The molecule has 148 valence electrons. The lowest BCUT2D eigenvalue weighted by Crippen LogP contribution is -2.22. The number of carbonyl (C=O) groups is 1. The highest BCUT2D eigenvalue weighted by Crippen LogP contribution is 2.30. The molecule has 1 heterocycles. The average Bonchev–Trinajstić information content (AvgIpc) is 3.16. The highest BCUT2D eigenvalue weighted by atomic mass is 16.6. The molecule has 0 amide bonds. The molecule has 2 aromatic rings. The Balaban J connectivity index is 1.61. The predicted octanol–water partition coefficient (Wildman–Crippen LogP) is 3.09. The molecule has 28 heavy (non-hydrogen) atoms. The van der Waals surface area contributed by atoms with Gasteiger partial charge < -0.3 is 14.6 Å². The number of ether oxygens (including phenoxy) is 2. The van der Waals surface area contributed by atoms with E-state index in [0.717, 1.165) is 17.7 Å². The zero-order chi connectivity index (χ0) is 20.1. The fourth-order valence-electron chi connectivity index (χ4n) is 3.24. The fraction of sp³-hybridized carbons (Fsp3) is 0.350. The number of carboxylic acids is 1. The van der Waals surface area contributed by atoms with E-state index in [1.54, 1.807) is 19.2 Å². The monoisotopic (exact) mass is 386 g/mol. The largest absolute Gasteiger partial charge is 0.493 e. The number of rotatable bonds is 8. The molecule has 1 N–H and O–H groups in total. The number of non-ortho nitro benzene ring substituents is 1. The first-order chi connectivity index (χ1) is 13.5. The van der Waals surface area contributed by atoms with Crippen molar-refractivity contribution in [3.63, 3.8) is 0 Å². The maximum absolute atomic E-state index is 11.1. The second-order valence-corrected chi connectivity index (χ2v) is 6.76. The van der Waals surface area contributed by atoms with Crippen LogP contribution in [-0.2, 0) is 17.9 Å². The van der Waals surface area contributed by atoms with Crippen molar-refractivity contribution in [2.75, 3.05) is 20.2 Å². The predicted molar refractivity (Wildman–Crippen MR) is 101 cm³/mol. The van der Waals surface area contributed by atoms with Crippen molar-refractivity contribution in [1.29, 1.82) is 0 Å². The molecule has 0 radical (unpaired) electrons. The average molecular weight is 386 g/mol. The van der Waals surface area contributed by atoms with E-state index in [1.807, 2.05) is 18.2 Å². The molecule has 0 aliphatic carbocycles. The van der Waals surface area contributed by atoms with E-state index in [0.29, 0.717) is 31.0 Å². The number of benzene rings is 2. The summed E-state index contributed by atoms with van der Waals surface area (Å²) in [5.41, 5.74) is 1.87. The lowest BCUT2D eigenvalue weighted by Gasteiger charge is -2.17. The Labute approximate surface area is 162 Å². The van der Waals surface area contributed by atoms with Crippen LogP contribution in [0, 0.1) is 16.0 Å². The minimum absolute atomic E-state index is 0.0396. The molecule has 1 atom stereocenters. The van der Waals surface area contributed by atoms with Crippen molar-refractivity contribution in [3.8, 4) is 11.5 Å². The van der Waals surface area contributed by atoms with E-state index in [1.165, 1.54) is 12.1 Å². The van der Waals surface area contributed by atoms with Crippen LogP contribution in [-0.4, -0.2) is 41.1 Å². The van der Waals surface area contributed by atoms with Crippen LogP contribution in [0.25, 0.3) is 0 Å². The quantitative estimate of drug-likeness (QED) is 0.549. The Morgan fingerprint density at radius 2 is 1.93 bits per heavy atom. The van der Waals surface area contributed by atoms with Gasteiger partial charge in [-0.15, -0.1) is 0 Å². The van der Waals surface area contributed by atoms with Gasteiger partial charge in [-0.05, 0) is 48.4 Å². The fourth-order valence-corrected chi connectivity index (χ4v) is 3.24. The molecule has 2 aromatic carbocycles. The van der Waals surface area contributed by atoms with Crippen molar-refractivity contribution in [3.05, 3.63) is 63.7 Å². The van der Waals surface area contributed by atoms with Crippen LogP contribution in [0.2, 0.25) is 0 Å². The molecule has 0 aromatic heterocycles. The molecule has 0 bridgehead atoms. The summed E-state index contributed by atoms with van der Waals surface area (Å²) in [5.74, 6) is 0.129. The van der Waals surface area contributed by atoms with E-state index < -0.39 is 10.9 Å². The number of hydrogen-bond donors (Lipinski definition) is 1. The number of hydrogen-bond acceptors (Lipinski definition) is 6.